The lowest BCUT2D eigenvalue weighted by Crippen LogP contribution is -2.18. The minimum absolute atomic E-state index is 0.225. The van der Waals surface area contributed by atoms with Gasteiger partial charge in [-0.1, -0.05) is 20.8 Å². The van der Waals surface area contributed by atoms with Crippen LogP contribution in [0.2, 0.25) is 0 Å². The molecule has 0 spiro atoms. The van der Waals surface area contributed by atoms with Gasteiger partial charge < -0.3 is 5.73 Å². The highest BCUT2D eigenvalue weighted by atomic mass is 127. The first-order valence-electron chi connectivity index (χ1n) is 3.87. The van der Waals surface area contributed by atoms with E-state index >= 15 is 0 Å². The fourth-order valence-corrected chi connectivity index (χ4v) is 1.35. The van der Waals surface area contributed by atoms with Crippen LogP contribution in [0.4, 0.5) is 5.82 Å². The summed E-state index contributed by atoms with van der Waals surface area (Å²) in [4.78, 5) is 0. The van der Waals surface area contributed by atoms with E-state index in [9.17, 15) is 0 Å². The Labute approximate surface area is 86.5 Å². The summed E-state index contributed by atoms with van der Waals surface area (Å²) in [6.45, 7) is 7.37. The van der Waals surface area contributed by atoms with Gasteiger partial charge in [0.05, 0.1) is 9.77 Å². The molecule has 0 saturated heterocycles. The molecule has 12 heavy (non-hydrogen) atoms. The zero-order chi connectivity index (χ0) is 9.35. The first-order valence-corrected chi connectivity index (χ1v) is 4.95. The summed E-state index contributed by atoms with van der Waals surface area (Å²) in [5, 5.41) is 4.18. The van der Waals surface area contributed by atoms with Crippen molar-refractivity contribution >= 4 is 28.4 Å². The number of rotatable bonds is 1. The Morgan fingerprint density at radius 1 is 1.58 bits per heavy atom. The van der Waals surface area contributed by atoms with Crippen LogP contribution in [0.25, 0.3) is 0 Å². The van der Waals surface area contributed by atoms with Crippen molar-refractivity contribution in [2.45, 2.75) is 27.3 Å². The van der Waals surface area contributed by atoms with Crippen molar-refractivity contribution < 1.29 is 0 Å². The molecule has 1 aromatic rings. The average molecular weight is 279 g/mol. The molecule has 0 aliphatic rings. The second-order valence-corrected chi connectivity index (χ2v) is 5.26. The van der Waals surface area contributed by atoms with Gasteiger partial charge >= 0.3 is 0 Å². The molecule has 0 aromatic carbocycles. The van der Waals surface area contributed by atoms with Crippen LogP contribution in [0, 0.1) is 8.99 Å². The number of hydrogen-bond donors (Lipinski definition) is 1. The predicted molar refractivity (Wildman–Crippen MR) is 58.8 cm³/mol. The maximum Gasteiger partial charge on any atom is 0.135 e. The van der Waals surface area contributed by atoms with E-state index in [4.69, 9.17) is 5.73 Å². The van der Waals surface area contributed by atoms with Gasteiger partial charge in [-0.25, -0.2) is 4.68 Å². The number of aromatic nitrogens is 2. The third kappa shape index (κ3) is 2.36. The van der Waals surface area contributed by atoms with Crippen molar-refractivity contribution in [3.8, 4) is 0 Å². The fourth-order valence-electron chi connectivity index (χ4n) is 0.947. The smallest absolute Gasteiger partial charge is 0.135 e. The fraction of sp³-hybridized carbons (Fsp3) is 0.625. The quantitative estimate of drug-likeness (QED) is 0.800. The number of nitrogens with two attached hydrogens (primary N) is 1. The minimum atomic E-state index is 0.225. The van der Waals surface area contributed by atoms with E-state index in [-0.39, 0.29) is 5.41 Å². The third-order valence-corrected chi connectivity index (χ3v) is 2.29. The summed E-state index contributed by atoms with van der Waals surface area (Å²) in [5.74, 6) is 0.769. The predicted octanol–water partition coefficient (Wildman–Crippen LogP) is 2.12. The normalized spacial score (nSPS) is 12.0. The number of halogens is 1. The molecule has 1 rings (SSSR count). The maximum atomic E-state index is 5.80. The second-order valence-electron chi connectivity index (χ2n) is 4.10. The van der Waals surface area contributed by atoms with Crippen LogP contribution in [-0.4, -0.2) is 9.78 Å². The molecular weight excluding hydrogens is 265 g/mol. The van der Waals surface area contributed by atoms with Gasteiger partial charge in [0, 0.05) is 6.54 Å². The molecule has 0 bridgehead atoms. The highest BCUT2D eigenvalue weighted by molar-refractivity contribution is 14.1. The van der Waals surface area contributed by atoms with Crippen LogP contribution >= 0.6 is 22.6 Å². The molecule has 68 valence electrons. The van der Waals surface area contributed by atoms with Gasteiger partial charge in [0.15, 0.2) is 0 Å². The van der Waals surface area contributed by atoms with Gasteiger partial charge in [0.25, 0.3) is 0 Å². The molecule has 0 saturated carbocycles. The van der Waals surface area contributed by atoms with Crippen LogP contribution < -0.4 is 5.73 Å². The Morgan fingerprint density at radius 3 is 2.50 bits per heavy atom. The van der Waals surface area contributed by atoms with Crippen molar-refractivity contribution in [3.63, 3.8) is 0 Å². The maximum absolute atomic E-state index is 5.80. The Balaban J connectivity index is 2.83. The number of anilines is 1. The highest BCUT2D eigenvalue weighted by Gasteiger charge is 2.14. The summed E-state index contributed by atoms with van der Waals surface area (Å²) in [5.41, 5.74) is 6.03. The lowest BCUT2D eigenvalue weighted by molar-refractivity contribution is 0.328. The largest absolute Gasteiger partial charge is 0.383 e. The molecule has 0 aliphatic heterocycles. The monoisotopic (exact) mass is 279 g/mol. The molecular formula is C8H14IN3. The summed E-state index contributed by atoms with van der Waals surface area (Å²) in [6, 6.07) is 0. The Morgan fingerprint density at radius 2 is 2.17 bits per heavy atom. The zero-order valence-electron chi connectivity index (χ0n) is 7.63. The van der Waals surface area contributed by atoms with Crippen molar-refractivity contribution in [2.75, 3.05) is 5.73 Å². The molecule has 0 unspecified atom stereocenters. The molecule has 1 aromatic heterocycles. The van der Waals surface area contributed by atoms with E-state index in [1.807, 2.05) is 4.68 Å². The van der Waals surface area contributed by atoms with Crippen molar-refractivity contribution in [1.29, 1.82) is 0 Å². The number of nitrogen functional groups attached to an aromatic ring is 1. The Bertz CT molecular complexity index is 272. The Kier molecular flexibility index (Phi) is 2.65. The molecule has 2 N–H and O–H groups in total. The molecule has 0 amide bonds. The van der Waals surface area contributed by atoms with Gasteiger partial charge in [0.1, 0.15) is 5.82 Å². The first-order chi connectivity index (χ1) is 5.40. The van der Waals surface area contributed by atoms with Crippen molar-refractivity contribution in [3.05, 3.63) is 9.77 Å². The van der Waals surface area contributed by atoms with Gasteiger partial charge in [-0.3, -0.25) is 0 Å². The van der Waals surface area contributed by atoms with Crippen LogP contribution in [0.3, 0.4) is 0 Å². The molecule has 0 radical (unpaired) electrons. The van der Waals surface area contributed by atoms with E-state index in [2.05, 4.69) is 48.5 Å². The summed E-state index contributed by atoms with van der Waals surface area (Å²) in [7, 11) is 0. The average Bonchev–Trinajstić information content (AvgIpc) is 2.16. The van der Waals surface area contributed by atoms with E-state index in [1.165, 1.54) is 0 Å². The molecule has 0 atom stereocenters. The summed E-state index contributed by atoms with van der Waals surface area (Å²) in [6.07, 6.45) is 1.79. The zero-order valence-corrected chi connectivity index (χ0v) is 9.79. The molecule has 0 fully saturated rings. The first kappa shape index (κ1) is 9.83. The lowest BCUT2D eigenvalue weighted by atomic mass is 9.97. The summed E-state index contributed by atoms with van der Waals surface area (Å²) >= 11 is 2.19. The van der Waals surface area contributed by atoms with Gasteiger partial charge in [0.2, 0.25) is 0 Å². The van der Waals surface area contributed by atoms with Crippen LogP contribution in [0.5, 0.6) is 0 Å². The highest BCUT2D eigenvalue weighted by Crippen LogP contribution is 2.20. The van der Waals surface area contributed by atoms with E-state index in [0.717, 1.165) is 15.9 Å². The Hall–Kier alpha value is -0.260. The SMILES string of the molecule is CC(C)(C)Cn1ncc(I)c1N. The molecule has 0 aliphatic carbocycles. The lowest BCUT2D eigenvalue weighted by Gasteiger charge is -2.18. The summed E-state index contributed by atoms with van der Waals surface area (Å²) < 4.78 is 2.87. The second kappa shape index (κ2) is 3.24. The number of nitrogens with zero attached hydrogens (tertiary/aromatic N) is 2. The van der Waals surface area contributed by atoms with E-state index in [1.54, 1.807) is 6.20 Å². The minimum Gasteiger partial charge on any atom is -0.383 e. The van der Waals surface area contributed by atoms with Gasteiger partial charge in [-0.15, -0.1) is 0 Å². The van der Waals surface area contributed by atoms with Crippen molar-refractivity contribution in [1.82, 2.24) is 9.78 Å². The van der Waals surface area contributed by atoms with Crippen LogP contribution in [0.1, 0.15) is 20.8 Å². The van der Waals surface area contributed by atoms with Gasteiger partial charge in [-0.05, 0) is 28.0 Å². The standard InChI is InChI=1S/C8H14IN3/c1-8(2,3)5-12-7(10)6(9)4-11-12/h4H,5,10H2,1-3H3. The van der Waals surface area contributed by atoms with E-state index < -0.39 is 0 Å². The third-order valence-electron chi connectivity index (χ3n) is 1.46. The molecule has 1 heterocycles. The topological polar surface area (TPSA) is 43.8 Å². The van der Waals surface area contributed by atoms with Crippen molar-refractivity contribution in [2.24, 2.45) is 5.41 Å². The molecule has 4 heteroatoms. The van der Waals surface area contributed by atoms with Crippen LogP contribution in [0.15, 0.2) is 6.20 Å². The van der Waals surface area contributed by atoms with Gasteiger partial charge in [-0.2, -0.15) is 5.10 Å². The van der Waals surface area contributed by atoms with E-state index in [0.29, 0.717) is 0 Å². The number of hydrogen-bond acceptors (Lipinski definition) is 2. The molecule has 3 nitrogen and oxygen atoms in total. The van der Waals surface area contributed by atoms with Crippen LogP contribution in [-0.2, 0) is 6.54 Å².